The van der Waals surface area contributed by atoms with Crippen molar-refractivity contribution in [3.63, 3.8) is 0 Å². The van der Waals surface area contributed by atoms with Gasteiger partial charge in [0, 0.05) is 27.5 Å². The summed E-state index contributed by atoms with van der Waals surface area (Å²) < 4.78 is 0. The third-order valence-electron chi connectivity index (χ3n) is 10.8. The molecule has 2 nitrogen and oxygen atoms in total. The number of hydrogen-bond acceptors (Lipinski definition) is 3. The highest BCUT2D eigenvalue weighted by Crippen LogP contribution is 2.44. The normalized spacial score (nSPS) is 16.4. The summed E-state index contributed by atoms with van der Waals surface area (Å²) in [5.74, 6) is 0.261. The van der Waals surface area contributed by atoms with Gasteiger partial charge in [0.2, 0.25) is 0 Å². The summed E-state index contributed by atoms with van der Waals surface area (Å²) in [4.78, 5) is 12.6. The molecule has 0 spiro atoms. The Bertz CT molecular complexity index is 2930. The van der Waals surface area contributed by atoms with Crippen LogP contribution >= 0.6 is 11.3 Å². The van der Waals surface area contributed by atoms with Crippen LogP contribution < -0.4 is 0 Å². The maximum Gasteiger partial charge on any atom is 0.102 e. The van der Waals surface area contributed by atoms with Gasteiger partial charge in [-0.05, 0) is 101 Å². The van der Waals surface area contributed by atoms with Crippen LogP contribution in [-0.4, -0.2) is 11.2 Å². The minimum Gasteiger partial charge on any atom is -0.282 e. The van der Waals surface area contributed by atoms with Crippen molar-refractivity contribution in [1.82, 2.24) is 4.98 Å². The average molecular weight is 667 g/mol. The third-order valence-corrected chi connectivity index (χ3v) is 12.0. The van der Waals surface area contributed by atoms with Crippen LogP contribution in [0.4, 0.5) is 0 Å². The third kappa shape index (κ3) is 4.48. The molecule has 238 valence electrons. The van der Waals surface area contributed by atoms with E-state index in [1.807, 2.05) is 23.6 Å². The van der Waals surface area contributed by atoms with Gasteiger partial charge in [-0.1, -0.05) is 133 Å². The van der Waals surface area contributed by atoms with E-state index in [1.54, 1.807) is 0 Å². The Labute approximate surface area is 299 Å². The van der Waals surface area contributed by atoms with Crippen molar-refractivity contribution in [1.29, 1.82) is 0 Å². The molecule has 3 heterocycles. The molecule has 0 bridgehead atoms. The number of aliphatic imine (C=N–C) groups is 1. The Hall–Kier alpha value is -6.16. The van der Waals surface area contributed by atoms with E-state index in [0.29, 0.717) is 0 Å². The first-order chi connectivity index (χ1) is 25.3. The Balaban J connectivity index is 0.977. The topological polar surface area (TPSA) is 25.2 Å². The van der Waals surface area contributed by atoms with E-state index in [9.17, 15) is 0 Å². The number of hydrogen-bond donors (Lipinski definition) is 0. The average Bonchev–Trinajstić information content (AvgIpc) is 3.70. The smallest absolute Gasteiger partial charge is 0.102 e. The Morgan fingerprint density at radius 2 is 1.24 bits per heavy atom. The molecule has 0 radical (unpaired) electrons. The number of nitrogens with zero attached hydrogens (tertiary/aromatic N) is 2. The molecule has 0 saturated heterocycles. The van der Waals surface area contributed by atoms with Crippen LogP contribution in [0.1, 0.15) is 17.3 Å². The van der Waals surface area contributed by atoms with Crippen LogP contribution in [0.25, 0.3) is 92.4 Å². The zero-order valence-electron chi connectivity index (χ0n) is 27.6. The molecule has 0 saturated carbocycles. The van der Waals surface area contributed by atoms with Gasteiger partial charge < -0.3 is 0 Å². The second-order valence-corrected chi connectivity index (χ2v) is 14.7. The lowest BCUT2D eigenvalue weighted by Crippen LogP contribution is -2.16. The van der Waals surface area contributed by atoms with Gasteiger partial charge in [-0.3, -0.25) is 4.99 Å². The Kier molecular flexibility index (Phi) is 6.28. The molecule has 2 aliphatic rings. The zero-order valence-corrected chi connectivity index (χ0v) is 28.4. The van der Waals surface area contributed by atoms with E-state index in [-0.39, 0.29) is 12.0 Å². The van der Waals surface area contributed by atoms with E-state index in [0.717, 1.165) is 22.5 Å². The van der Waals surface area contributed by atoms with Crippen LogP contribution in [-0.2, 0) is 0 Å². The summed E-state index contributed by atoms with van der Waals surface area (Å²) in [6.45, 7) is 0. The fourth-order valence-electron chi connectivity index (χ4n) is 8.38. The highest BCUT2D eigenvalue weighted by molar-refractivity contribution is 7.19. The number of allylic oxidation sites excluding steroid dienone is 1. The van der Waals surface area contributed by atoms with E-state index < -0.39 is 0 Å². The minimum atomic E-state index is 0.0369. The Morgan fingerprint density at radius 3 is 2.14 bits per heavy atom. The van der Waals surface area contributed by atoms with Gasteiger partial charge in [-0.15, -0.1) is 11.3 Å². The molecule has 3 heteroatoms. The van der Waals surface area contributed by atoms with E-state index in [4.69, 9.17) is 9.98 Å². The molecule has 1 aliphatic carbocycles. The quantitative estimate of drug-likeness (QED) is 0.172. The number of benzene rings is 7. The van der Waals surface area contributed by atoms with Crippen molar-refractivity contribution in [2.75, 3.05) is 0 Å². The van der Waals surface area contributed by atoms with Crippen molar-refractivity contribution in [2.24, 2.45) is 10.9 Å². The van der Waals surface area contributed by atoms with E-state index in [2.05, 4.69) is 158 Å². The van der Waals surface area contributed by atoms with Crippen LogP contribution in [0, 0.1) is 5.92 Å². The molecule has 2 aromatic heterocycles. The molecule has 0 fully saturated rings. The monoisotopic (exact) mass is 666 g/mol. The van der Waals surface area contributed by atoms with Crippen LogP contribution in [0.15, 0.2) is 163 Å². The largest absolute Gasteiger partial charge is 0.282 e. The second kappa shape index (κ2) is 11.2. The van der Waals surface area contributed by atoms with Gasteiger partial charge in [-0.25, -0.2) is 4.98 Å². The van der Waals surface area contributed by atoms with Crippen molar-refractivity contribution in [3.8, 4) is 43.3 Å². The molecule has 0 amide bonds. The van der Waals surface area contributed by atoms with Gasteiger partial charge in [0.25, 0.3) is 0 Å². The number of aromatic nitrogens is 1. The summed E-state index contributed by atoms with van der Waals surface area (Å²) >= 11 is 1.87. The van der Waals surface area contributed by atoms with Crippen LogP contribution in [0.3, 0.4) is 0 Å². The second-order valence-electron chi connectivity index (χ2n) is 13.7. The highest BCUT2D eigenvalue weighted by Gasteiger charge is 2.27. The van der Waals surface area contributed by atoms with E-state index >= 15 is 0 Å². The lowest BCUT2D eigenvalue weighted by Gasteiger charge is -2.26. The van der Waals surface area contributed by atoms with Gasteiger partial charge >= 0.3 is 0 Å². The van der Waals surface area contributed by atoms with Gasteiger partial charge in [0.05, 0.1) is 11.4 Å². The van der Waals surface area contributed by atoms with Gasteiger partial charge in [0.15, 0.2) is 0 Å². The minimum absolute atomic E-state index is 0.0369. The Morgan fingerprint density at radius 1 is 0.510 bits per heavy atom. The number of rotatable bonds is 4. The first kappa shape index (κ1) is 28.7. The molecule has 2 atom stereocenters. The summed E-state index contributed by atoms with van der Waals surface area (Å²) in [6, 6.07) is 51.5. The number of dihydropyridines is 1. The standard InChI is InChI=1S/C48H30N2S/c1-2-12-38-37(11-1)36(22-23-39(38)42-24-19-33-16-15-32-10-5-27-49-47(32)48(33)50-42)34-8-4-9-35(28-34)43-25-26-44(51-43)40-20-17-31-14-13-29-6-3-7-30-18-21-41(40)46(31)45(29)30/h1-28,32,47H. The van der Waals surface area contributed by atoms with Gasteiger partial charge in [0.1, 0.15) is 6.04 Å². The lowest BCUT2D eigenvalue weighted by atomic mass is 9.86. The molecule has 0 N–H and O–H groups in total. The SMILES string of the molecule is C1=CC2C=Cc3ccc(-c4ccc(-c5cccc(-c6ccc(-c7ccc8ccc9cccc%10ccc7c8c9%10)s6)c5)c5ccccc45)nc3C2N=C1. The van der Waals surface area contributed by atoms with Crippen molar-refractivity contribution >= 4 is 66.7 Å². The van der Waals surface area contributed by atoms with Crippen LogP contribution in [0.5, 0.6) is 0 Å². The van der Waals surface area contributed by atoms with Crippen molar-refractivity contribution < 1.29 is 0 Å². The maximum atomic E-state index is 5.25. The predicted molar refractivity (Wildman–Crippen MR) is 218 cm³/mol. The zero-order chi connectivity index (χ0) is 33.5. The van der Waals surface area contributed by atoms with Gasteiger partial charge in [-0.2, -0.15) is 0 Å². The summed E-state index contributed by atoms with van der Waals surface area (Å²) in [5.41, 5.74) is 9.30. The summed E-state index contributed by atoms with van der Waals surface area (Å²) in [5, 5.41) is 10.4. The fourth-order valence-corrected chi connectivity index (χ4v) is 9.42. The predicted octanol–water partition coefficient (Wildman–Crippen LogP) is 13.2. The first-order valence-electron chi connectivity index (χ1n) is 17.6. The van der Waals surface area contributed by atoms with Crippen molar-refractivity contribution in [3.05, 3.63) is 169 Å². The fraction of sp³-hybridized carbons (Fsp3) is 0.0417. The summed E-state index contributed by atoms with van der Waals surface area (Å²) in [7, 11) is 0. The molecular formula is C48H30N2S. The maximum absolute atomic E-state index is 5.25. The number of fused-ring (bicyclic) bond motifs is 4. The number of thiophene rings is 1. The van der Waals surface area contributed by atoms with Crippen molar-refractivity contribution in [2.45, 2.75) is 6.04 Å². The first-order valence-corrected chi connectivity index (χ1v) is 18.4. The molecular weight excluding hydrogens is 637 g/mol. The molecule has 11 rings (SSSR count). The molecule has 1 aliphatic heterocycles. The summed E-state index contributed by atoms with van der Waals surface area (Å²) in [6.07, 6.45) is 10.6. The molecule has 7 aromatic carbocycles. The number of pyridine rings is 1. The highest BCUT2D eigenvalue weighted by atomic mass is 32.1. The molecule has 51 heavy (non-hydrogen) atoms. The molecule has 2 unspecified atom stereocenters. The molecule has 9 aromatic rings. The van der Waals surface area contributed by atoms with E-state index in [1.165, 1.54) is 75.1 Å². The lowest BCUT2D eigenvalue weighted by molar-refractivity contribution is 0.595. The van der Waals surface area contributed by atoms with Crippen LogP contribution in [0.2, 0.25) is 0 Å².